The van der Waals surface area contributed by atoms with Crippen molar-refractivity contribution in [2.45, 2.75) is 38.3 Å². The maximum atomic E-state index is 12.3. The fraction of sp³-hybridized carbons (Fsp3) is 0.345. The highest BCUT2D eigenvalue weighted by atomic mass is 16.5. The second-order valence-corrected chi connectivity index (χ2v) is 8.88. The number of amides is 1. The average Bonchev–Trinajstić information content (AvgIpc) is 2.91. The first kappa shape index (κ1) is 24.6. The SMILES string of the molecule is COc1cccc(CNC2CCN(c3ccc(NC(=O)CCc4ccccc4)cc3)CC2)c1OC. The molecule has 4 rings (SSSR count). The molecule has 35 heavy (non-hydrogen) atoms. The number of para-hydroxylation sites is 1. The fourth-order valence-corrected chi connectivity index (χ4v) is 4.57. The van der Waals surface area contributed by atoms with E-state index in [0.29, 0.717) is 12.5 Å². The zero-order valence-electron chi connectivity index (χ0n) is 20.6. The van der Waals surface area contributed by atoms with E-state index in [1.807, 2.05) is 42.5 Å². The number of piperidine rings is 1. The first-order valence-electron chi connectivity index (χ1n) is 12.3. The number of nitrogens with one attached hydrogen (secondary N) is 2. The number of hydrogen-bond donors (Lipinski definition) is 2. The number of benzene rings is 3. The highest BCUT2D eigenvalue weighted by Gasteiger charge is 2.20. The molecule has 0 bridgehead atoms. The lowest BCUT2D eigenvalue weighted by molar-refractivity contribution is -0.116. The van der Waals surface area contributed by atoms with Crippen LogP contribution in [0, 0.1) is 0 Å². The van der Waals surface area contributed by atoms with Gasteiger partial charge >= 0.3 is 0 Å². The van der Waals surface area contributed by atoms with Gasteiger partial charge in [-0.1, -0.05) is 42.5 Å². The van der Waals surface area contributed by atoms with Crippen LogP contribution in [0.1, 0.15) is 30.4 Å². The molecule has 0 aromatic heterocycles. The van der Waals surface area contributed by atoms with E-state index in [9.17, 15) is 4.79 Å². The van der Waals surface area contributed by atoms with Gasteiger partial charge in [-0.2, -0.15) is 0 Å². The molecule has 1 amide bonds. The number of rotatable bonds is 10. The molecule has 0 unspecified atom stereocenters. The van der Waals surface area contributed by atoms with Gasteiger partial charge in [0.05, 0.1) is 14.2 Å². The van der Waals surface area contributed by atoms with Crippen LogP contribution in [0.25, 0.3) is 0 Å². The van der Waals surface area contributed by atoms with E-state index in [2.05, 4.69) is 45.9 Å². The maximum Gasteiger partial charge on any atom is 0.224 e. The Balaban J connectivity index is 1.22. The first-order chi connectivity index (χ1) is 17.2. The number of methoxy groups -OCH3 is 2. The summed E-state index contributed by atoms with van der Waals surface area (Å²) in [6, 6.07) is 24.7. The summed E-state index contributed by atoms with van der Waals surface area (Å²) in [5.41, 5.74) is 4.32. The molecule has 0 aliphatic carbocycles. The quantitative estimate of drug-likeness (QED) is 0.432. The van der Waals surface area contributed by atoms with Gasteiger partial charge in [0.2, 0.25) is 5.91 Å². The zero-order valence-corrected chi connectivity index (χ0v) is 20.6. The molecule has 0 spiro atoms. The van der Waals surface area contributed by atoms with Crippen molar-refractivity contribution in [1.29, 1.82) is 0 Å². The third-order valence-corrected chi connectivity index (χ3v) is 6.56. The summed E-state index contributed by atoms with van der Waals surface area (Å²) in [6.45, 7) is 2.75. The number of carbonyl (C=O) groups excluding carboxylic acids is 1. The van der Waals surface area contributed by atoms with Crippen LogP contribution in [0.4, 0.5) is 11.4 Å². The summed E-state index contributed by atoms with van der Waals surface area (Å²) in [5, 5.41) is 6.69. The van der Waals surface area contributed by atoms with Crippen molar-refractivity contribution < 1.29 is 14.3 Å². The van der Waals surface area contributed by atoms with Crippen LogP contribution in [0.5, 0.6) is 11.5 Å². The Bertz CT molecular complexity index is 1080. The molecule has 184 valence electrons. The Morgan fingerprint density at radius 1 is 0.914 bits per heavy atom. The van der Waals surface area contributed by atoms with Crippen LogP contribution in [-0.2, 0) is 17.8 Å². The molecular formula is C29H35N3O3. The molecule has 1 saturated heterocycles. The van der Waals surface area contributed by atoms with Crippen LogP contribution in [0.15, 0.2) is 72.8 Å². The first-order valence-corrected chi connectivity index (χ1v) is 12.3. The molecule has 1 aliphatic rings. The van der Waals surface area contributed by atoms with Gasteiger partial charge < -0.3 is 25.0 Å². The molecule has 1 aliphatic heterocycles. The summed E-state index contributed by atoms with van der Waals surface area (Å²) >= 11 is 0. The Hall–Kier alpha value is -3.51. The Morgan fingerprint density at radius 2 is 1.66 bits per heavy atom. The minimum Gasteiger partial charge on any atom is -0.493 e. The predicted molar refractivity (Wildman–Crippen MR) is 141 cm³/mol. The number of anilines is 2. The van der Waals surface area contributed by atoms with Gasteiger partial charge in [-0.05, 0) is 55.2 Å². The van der Waals surface area contributed by atoms with E-state index in [1.165, 1.54) is 11.3 Å². The molecule has 2 N–H and O–H groups in total. The van der Waals surface area contributed by atoms with Gasteiger partial charge in [0.25, 0.3) is 0 Å². The normalized spacial score (nSPS) is 13.9. The number of carbonyl (C=O) groups is 1. The Kier molecular flexibility index (Phi) is 8.63. The summed E-state index contributed by atoms with van der Waals surface area (Å²) in [5.74, 6) is 1.60. The molecule has 6 nitrogen and oxygen atoms in total. The Morgan fingerprint density at radius 3 is 2.34 bits per heavy atom. The summed E-state index contributed by atoms with van der Waals surface area (Å²) in [7, 11) is 3.35. The van der Waals surface area contributed by atoms with E-state index < -0.39 is 0 Å². The van der Waals surface area contributed by atoms with Gasteiger partial charge in [0, 0.05) is 49.0 Å². The van der Waals surface area contributed by atoms with Crippen molar-refractivity contribution in [3.8, 4) is 11.5 Å². The van der Waals surface area contributed by atoms with E-state index in [1.54, 1.807) is 14.2 Å². The number of nitrogens with zero attached hydrogens (tertiary/aromatic N) is 1. The van der Waals surface area contributed by atoms with Crippen LogP contribution in [0.2, 0.25) is 0 Å². The third-order valence-electron chi connectivity index (χ3n) is 6.56. The molecule has 0 saturated carbocycles. The van der Waals surface area contributed by atoms with Gasteiger partial charge in [0.15, 0.2) is 11.5 Å². The predicted octanol–water partition coefficient (Wildman–Crippen LogP) is 5.03. The number of hydrogen-bond acceptors (Lipinski definition) is 5. The highest BCUT2D eigenvalue weighted by Crippen LogP contribution is 2.31. The standard InChI is InChI=1S/C29H35N3O3/c1-34-27-10-6-9-23(29(27)35-2)21-30-24-17-19-32(20-18-24)26-14-12-25(13-15-26)31-28(33)16-11-22-7-4-3-5-8-22/h3-10,12-15,24,30H,11,16-21H2,1-2H3,(H,31,33). The van der Waals surface area contributed by atoms with Gasteiger partial charge in [-0.15, -0.1) is 0 Å². The average molecular weight is 474 g/mol. The molecule has 0 radical (unpaired) electrons. The number of ether oxygens (including phenoxy) is 2. The second kappa shape index (κ2) is 12.3. The summed E-state index contributed by atoms with van der Waals surface area (Å²) in [4.78, 5) is 14.7. The van der Waals surface area contributed by atoms with Gasteiger partial charge in [-0.3, -0.25) is 4.79 Å². The van der Waals surface area contributed by atoms with E-state index in [4.69, 9.17) is 9.47 Å². The molecule has 3 aromatic rings. The van der Waals surface area contributed by atoms with Crippen molar-refractivity contribution in [3.05, 3.63) is 83.9 Å². The number of aryl methyl sites for hydroxylation is 1. The molecule has 0 atom stereocenters. The minimum absolute atomic E-state index is 0.0427. The van der Waals surface area contributed by atoms with E-state index in [0.717, 1.165) is 61.6 Å². The summed E-state index contributed by atoms with van der Waals surface area (Å²) < 4.78 is 11.0. The molecule has 1 heterocycles. The molecular weight excluding hydrogens is 438 g/mol. The van der Waals surface area contributed by atoms with Crippen molar-refractivity contribution >= 4 is 17.3 Å². The molecule has 3 aromatic carbocycles. The summed E-state index contributed by atoms with van der Waals surface area (Å²) in [6.07, 6.45) is 3.38. The maximum absolute atomic E-state index is 12.3. The van der Waals surface area contributed by atoms with Gasteiger partial charge in [0.1, 0.15) is 0 Å². The van der Waals surface area contributed by atoms with Crippen LogP contribution in [-0.4, -0.2) is 39.3 Å². The molecule has 1 fully saturated rings. The Labute approximate surface area is 208 Å². The minimum atomic E-state index is 0.0427. The van der Waals surface area contributed by atoms with Crippen molar-refractivity contribution in [2.24, 2.45) is 0 Å². The zero-order chi connectivity index (χ0) is 24.5. The van der Waals surface area contributed by atoms with Crippen molar-refractivity contribution in [1.82, 2.24) is 5.32 Å². The largest absolute Gasteiger partial charge is 0.493 e. The topological polar surface area (TPSA) is 62.8 Å². The lowest BCUT2D eigenvalue weighted by Crippen LogP contribution is -2.42. The highest BCUT2D eigenvalue weighted by molar-refractivity contribution is 5.91. The van der Waals surface area contributed by atoms with Crippen LogP contribution in [0.3, 0.4) is 0 Å². The van der Waals surface area contributed by atoms with Crippen LogP contribution < -0.4 is 25.0 Å². The van der Waals surface area contributed by atoms with Crippen LogP contribution >= 0.6 is 0 Å². The lowest BCUT2D eigenvalue weighted by atomic mass is 10.0. The smallest absolute Gasteiger partial charge is 0.224 e. The monoisotopic (exact) mass is 473 g/mol. The second-order valence-electron chi connectivity index (χ2n) is 8.88. The van der Waals surface area contributed by atoms with Crippen molar-refractivity contribution in [2.75, 3.05) is 37.5 Å². The van der Waals surface area contributed by atoms with E-state index >= 15 is 0 Å². The van der Waals surface area contributed by atoms with E-state index in [-0.39, 0.29) is 5.91 Å². The third kappa shape index (κ3) is 6.76. The molecule has 6 heteroatoms. The lowest BCUT2D eigenvalue weighted by Gasteiger charge is -2.34. The van der Waals surface area contributed by atoms with Gasteiger partial charge in [-0.25, -0.2) is 0 Å². The van der Waals surface area contributed by atoms with Crippen molar-refractivity contribution in [3.63, 3.8) is 0 Å². The fourth-order valence-electron chi connectivity index (χ4n) is 4.57.